The number of amides is 1. The van der Waals surface area contributed by atoms with Crippen LogP contribution in [0.4, 0.5) is 0 Å². The van der Waals surface area contributed by atoms with Crippen LogP contribution in [0, 0.1) is 0 Å². The molecule has 0 aliphatic rings. The van der Waals surface area contributed by atoms with Gasteiger partial charge in [0, 0.05) is 30.2 Å². The summed E-state index contributed by atoms with van der Waals surface area (Å²) in [7, 11) is 1.81. The van der Waals surface area contributed by atoms with E-state index in [2.05, 4.69) is 11.9 Å². The highest BCUT2D eigenvalue weighted by atomic mass is 35.5. The quantitative estimate of drug-likeness (QED) is 0.777. The maximum absolute atomic E-state index is 12.7. The zero-order valence-electron chi connectivity index (χ0n) is 13.8. The molecule has 0 atom stereocenters. The van der Waals surface area contributed by atoms with E-state index in [1.807, 2.05) is 31.3 Å². The third kappa shape index (κ3) is 3.49. The number of rotatable bonds is 4. The molecule has 0 saturated carbocycles. The second-order valence-electron chi connectivity index (χ2n) is 5.77. The van der Waals surface area contributed by atoms with Gasteiger partial charge in [0.25, 0.3) is 5.91 Å². The van der Waals surface area contributed by atoms with E-state index in [1.165, 1.54) is 0 Å². The number of benzene rings is 2. The summed E-state index contributed by atoms with van der Waals surface area (Å²) < 4.78 is 1.78. The average molecular weight is 353 g/mol. The molecule has 126 valence electrons. The van der Waals surface area contributed by atoms with E-state index < -0.39 is 5.91 Å². The fraction of sp³-hybridized carbons (Fsp3) is 0.100. The minimum Gasteiger partial charge on any atom is -0.350 e. The Morgan fingerprint density at radius 1 is 1.24 bits per heavy atom. The molecule has 25 heavy (non-hydrogen) atoms. The Morgan fingerprint density at radius 2 is 1.96 bits per heavy atom. The summed E-state index contributed by atoms with van der Waals surface area (Å²) in [4.78, 5) is 25.2. The molecule has 1 N–H and O–H groups in total. The van der Waals surface area contributed by atoms with Gasteiger partial charge in [-0.1, -0.05) is 42.5 Å². The number of pyridine rings is 1. The lowest BCUT2D eigenvalue weighted by Crippen LogP contribution is -2.29. The Balaban J connectivity index is 1.93. The van der Waals surface area contributed by atoms with Gasteiger partial charge in [0.15, 0.2) is 0 Å². The molecule has 0 aliphatic heterocycles. The third-order valence-corrected chi connectivity index (χ3v) is 4.31. The van der Waals surface area contributed by atoms with Gasteiger partial charge in [-0.2, -0.15) is 0 Å². The standard InChI is InChI=1S/C20H17ClN2O2/c1-3-13-6-9-18-16(10-13)19(24)17(12-23(18)2)20(25)22-11-14-4-7-15(21)8-5-14/h3-10,12H,1,11H2,2H3,(H,22,25). The van der Waals surface area contributed by atoms with Crippen molar-refractivity contribution in [2.24, 2.45) is 7.05 Å². The van der Waals surface area contributed by atoms with Crippen LogP contribution >= 0.6 is 11.6 Å². The number of carbonyl (C=O) groups excluding carboxylic acids is 1. The molecule has 0 fully saturated rings. The first-order chi connectivity index (χ1) is 12.0. The van der Waals surface area contributed by atoms with Crippen LogP contribution in [0.1, 0.15) is 21.5 Å². The Bertz CT molecular complexity index is 1020. The molecule has 3 aromatic rings. The van der Waals surface area contributed by atoms with Crippen LogP contribution in [0.3, 0.4) is 0 Å². The Labute approximate surface area is 150 Å². The van der Waals surface area contributed by atoms with Gasteiger partial charge in [0.1, 0.15) is 5.56 Å². The fourth-order valence-electron chi connectivity index (χ4n) is 2.68. The molecule has 1 heterocycles. The van der Waals surface area contributed by atoms with Crippen molar-refractivity contribution in [2.75, 3.05) is 0 Å². The molecular weight excluding hydrogens is 336 g/mol. The van der Waals surface area contributed by atoms with E-state index in [4.69, 9.17) is 11.6 Å². The molecule has 4 nitrogen and oxygen atoms in total. The Kier molecular flexibility index (Phi) is 4.72. The average Bonchev–Trinajstić information content (AvgIpc) is 2.63. The monoisotopic (exact) mass is 352 g/mol. The molecule has 0 radical (unpaired) electrons. The predicted octanol–water partition coefficient (Wildman–Crippen LogP) is 3.76. The number of nitrogens with zero attached hydrogens (tertiary/aromatic N) is 1. The van der Waals surface area contributed by atoms with Crippen molar-refractivity contribution in [3.05, 3.63) is 87.2 Å². The van der Waals surface area contributed by atoms with Crippen molar-refractivity contribution in [3.63, 3.8) is 0 Å². The summed E-state index contributed by atoms with van der Waals surface area (Å²) in [5, 5.41) is 3.92. The third-order valence-electron chi connectivity index (χ3n) is 4.06. The number of halogens is 1. The molecular formula is C20H17ClN2O2. The highest BCUT2D eigenvalue weighted by Gasteiger charge is 2.14. The molecule has 5 heteroatoms. The molecule has 1 aromatic heterocycles. The lowest BCUT2D eigenvalue weighted by atomic mass is 10.1. The summed E-state index contributed by atoms with van der Waals surface area (Å²) in [6, 6.07) is 12.7. The summed E-state index contributed by atoms with van der Waals surface area (Å²) in [5.41, 5.74) is 2.34. The smallest absolute Gasteiger partial charge is 0.257 e. The van der Waals surface area contributed by atoms with Crippen molar-refractivity contribution in [1.82, 2.24) is 9.88 Å². The summed E-state index contributed by atoms with van der Waals surface area (Å²) in [6.07, 6.45) is 3.24. The van der Waals surface area contributed by atoms with Crippen molar-refractivity contribution >= 4 is 34.5 Å². The first-order valence-electron chi connectivity index (χ1n) is 7.78. The number of aromatic nitrogens is 1. The molecule has 0 unspecified atom stereocenters. The largest absolute Gasteiger partial charge is 0.350 e. The zero-order chi connectivity index (χ0) is 18.0. The van der Waals surface area contributed by atoms with Gasteiger partial charge in [-0.05, 0) is 35.4 Å². The lowest BCUT2D eigenvalue weighted by molar-refractivity contribution is 0.0949. The van der Waals surface area contributed by atoms with Gasteiger partial charge in [-0.15, -0.1) is 0 Å². The number of aryl methyl sites for hydroxylation is 1. The number of carbonyl (C=O) groups is 1. The summed E-state index contributed by atoms with van der Waals surface area (Å²) in [5.74, 6) is -0.401. The number of nitrogens with one attached hydrogen (secondary N) is 1. The van der Waals surface area contributed by atoms with E-state index in [9.17, 15) is 9.59 Å². The van der Waals surface area contributed by atoms with Crippen molar-refractivity contribution in [2.45, 2.75) is 6.54 Å². The molecule has 1 amide bonds. The Hall–Kier alpha value is -2.85. The minimum atomic E-state index is -0.401. The van der Waals surface area contributed by atoms with Gasteiger partial charge in [-0.25, -0.2) is 0 Å². The van der Waals surface area contributed by atoms with Crippen molar-refractivity contribution < 1.29 is 4.79 Å². The van der Waals surface area contributed by atoms with E-state index in [-0.39, 0.29) is 11.0 Å². The van der Waals surface area contributed by atoms with Crippen LogP contribution in [-0.2, 0) is 13.6 Å². The van der Waals surface area contributed by atoms with Gasteiger partial charge in [0.05, 0.1) is 5.52 Å². The number of hydrogen-bond donors (Lipinski definition) is 1. The topological polar surface area (TPSA) is 51.1 Å². The maximum atomic E-state index is 12.7. The molecule has 0 bridgehead atoms. The lowest BCUT2D eigenvalue weighted by Gasteiger charge is -2.10. The second-order valence-corrected chi connectivity index (χ2v) is 6.21. The van der Waals surface area contributed by atoms with Crippen molar-refractivity contribution in [1.29, 1.82) is 0 Å². The maximum Gasteiger partial charge on any atom is 0.257 e. The van der Waals surface area contributed by atoms with Gasteiger partial charge < -0.3 is 9.88 Å². The molecule has 0 spiro atoms. The highest BCUT2D eigenvalue weighted by Crippen LogP contribution is 2.14. The van der Waals surface area contributed by atoms with Crippen LogP contribution in [0.25, 0.3) is 17.0 Å². The van der Waals surface area contributed by atoms with Gasteiger partial charge >= 0.3 is 0 Å². The summed E-state index contributed by atoms with van der Waals surface area (Å²) >= 11 is 5.85. The predicted molar refractivity (Wildman–Crippen MR) is 102 cm³/mol. The second kappa shape index (κ2) is 6.95. The minimum absolute atomic E-state index is 0.116. The van der Waals surface area contributed by atoms with E-state index in [0.29, 0.717) is 17.0 Å². The van der Waals surface area contributed by atoms with E-state index in [1.54, 1.807) is 35.0 Å². The SMILES string of the molecule is C=Cc1ccc2c(c1)c(=O)c(C(=O)NCc1ccc(Cl)cc1)cn2C. The van der Waals surface area contributed by atoms with E-state index >= 15 is 0 Å². The van der Waals surface area contributed by atoms with Gasteiger partial charge in [0.2, 0.25) is 5.43 Å². The molecule has 0 saturated heterocycles. The van der Waals surface area contributed by atoms with Crippen LogP contribution in [0.15, 0.2) is 60.0 Å². The first kappa shape index (κ1) is 17.0. The highest BCUT2D eigenvalue weighted by molar-refractivity contribution is 6.30. The summed E-state index contributed by atoms with van der Waals surface area (Å²) in [6.45, 7) is 4.04. The fourth-order valence-corrected chi connectivity index (χ4v) is 2.80. The molecule has 3 rings (SSSR count). The first-order valence-corrected chi connectivity index (χ1v) is 8.16. The zero-order valence-corrected chi connectivity index (χ0v) is 14.5. The molecule has 0 aliphatic carbocycles. The number of fused-ring (bicyclic) bond motifs is 1. The van der Waals surface area contributed by atoms with Crippen LogP contribution in [0.2, 0.25) is 5.02 Å². The number of hydrogen-bond acceptors (Lipinski definition) is 2. The van der Waals surface area contributed by atoms with Crippen molar-refractivity contribution in [3.8, 4) is 0 Å². The normalized spacial score (nSPS) is 10.6. The Morgan fingerprint density at radius 3 is 2.64 bits per heavy atom. The van der Waals surface area contributed by atoms with Crippen LogP contribution < -0.4 is 10.7 Å². The van der Waals surface area contributed by atoms with Crippen LogP contribution in [0.5, 0.6) is 0 Å². The van der Waals surface area contributed by atoms with Crippen LogP contribution in [-0.4, -0.2) is 10.5 Å². The molecule has 2 aromatic carbocycles. The van der Waals surface area contributed by atoms with Gasteiger partial charge in [-0.3, -0.25) is 9.59 Å². The van der Waals surface area contributed by atoms with E-state index in [0.717, 1.165) is 16.6 Å².